The van der Waals surface area contributed by atoms with Crippen LogP contribution in [0.15, 0.2) is 59.1 Å². The van der Waals surface area contributed by atoms with Crippen LogP contribution in [0.4, 0.5) is 5.69 Å². The molecule has 1 amide bonds. The van der Waals surface area contributed by atoms with Gasteiger partial charge in [0.1, 0.15) is 6.54 Å². The van der Waals surface area contributed by atoms with Gasteiger partial charge < -0.3 is 15.0 Å². The predicted molar refractivity (Wildman–Crippen MR) is 93.8 cm³/mol. The first kappa shape index (κ1) is 16.6. The van der Waals surface area contributed by atoms with Crippen molar-refractivity contribution in [2.75, 3.05) is 5.32 Å². The maximum absolute atomic E-state index is 12.4. The molecule has 25 heavy (non-hydrogen) atoms. The quantitative estimate of drug-likeness (QED) is 0.731. The third-order valence-electron chi connectivity index (χ3n) is 3.39. The number of amides is 1. The SMILES string of the molecule is O=C(O)Cn1cc(NC(=O)c2cccc(-c3cncs3)c2)ccc1=O. The Morgan fingerprint density at radius 1 is 1.24 bits per heavy atom. The van der Waals surface area contributed by atoms with Crippen molar-refractivity contribution in [3.05, 3.63) is 70.2 Å². The van der Waals surface area contributed by atoms with E-state index in [1.165, 1.54) is 29.7 Å². The molecule has 126 valence electrons. The molecule has 2 heterocycles. The van der Waals surface area contributed by atoms with Crippen LogP contribution < -0.4 is 10.9 Å². The lowest BCUT2D eigenvalue weighted by molar-refractivity contribution is -0.137. The number of benzene rings is 1. The Morgan fingerprint density at radius 2 is 2.08 bits per heavy atom. The van der Waals surface area contributed by atoms with Gasteiger partial charge in [0.25, 0.3) is 11.5 Å². The van der Waals surface area contributed by atoms with E-state index in [0.29, 0.717) is 11.3 Å². The van der Waals surface area contributed by atoms with Crippen LogP contribution in [0.1, 0.15) is 10.4 Å². The number of aromatic nitrogens is 2. The minimum absolute atomic E-state index is 0.342. The number of thiazole rings is 1. The van der Waals surface area contributed by atoms with Crippen LogP contribution in [-0.2, 0) is 11.3 Å². The summed E-state index contributed by atoms with van der Waals surface area (Å²) in [7, 11) is 0. The summed E-state index contributed by atoms with van der Waals surface area (Å²) in [6, 6.07) is 9.73. The predicted octanol–water partition coefficient (Wildman–Crippen LogP) is 2.31. The summed E-state index contributed by atoms with van der Waals surface area (Å²) in [6.07, 6.45) is 3.03. The normalized spacial score (nSPS) is 10.4. The zero-order valence-corrected chi connectivity index (χ0v) is 13.7. The molecule has 3 aromatic rings. The molecule has 8 heteroatoms. The van der Waals surface area contributed by atoms with E-state index in [4.69, 9.17) is 5.11 Å². The van der Waals surface area contributed by atoms with Crippen molar-refractivity contribution >= 4 is 28.9 Å². The lowest BCUT2D eigenvalue weighted by atomic mass is 10.1. The largest absolute Gasteiger partial charge is 0.480 e. The van der Waals surface area contributed by atoms with Gasteiger partial charge in [-0.05, 0) is 23.8 Å². The maximum atomic E-state index is 12.4. The summed E-state index contributed by atoms with van der Waals surface area (Å²) in [5.74, 6) is -1.49. The lowest BCUT2D eigenvalue weighted by Gasteiger charge is -2.09. The van der Waals surface area contributed by atoms with Crippen molar-refractivity contribution in [2.45, 2.75) is 6.54 Å². The highest BCUT2D eigenvalue weighted by Gasteiger charge is 2.10. The van der Waals surface area contributed by atoms with Crippen LogP contribution >= 0.6 is 11.3 Å². The Labute approximate surface area is 146 Å². The van der Waals surface area contributed by atoms with E-state index >= 15 is 0 Å². The number of carboxylic acids is 1. The molecule has 0 aliphatic heterocycles. The first-order chi connectivity index (χ1) is 12.0. The van der Waals surface area contributed by atoms with Crippen LogP contribution in [0, 0.1) is 0 Å². The van der Waals surface area contributed by atoms with Crippen molar-refractivity contribution < 1.29 is 14.7 Å². The molecule has 2 N–H and O–H groups in total. The highest BCUT2D eigenvalue weighted by Crippen LogP contribution is 2.24. The number of rotatable bonds is 5. The van der Waals surface area contributed by atoms with Gasteiger partial charge in [-0.3, -0.25) is 19.4 Å². The number of hydrogen-bond acceptors (Lipinski definition) is 5. The molecule has 3 rings (SSSR count). The molecule has 0 spiro atoms. The van der Waals surface area contributed by atoms with Gasteiger partial charge in [0.2, 0.25) is 0 Å². The zero-order valence-electron chi connectivity index (χ0n) is 12.9. The van der Waals surface area contributed by atoms with Crippen LogP contribution in [0.5, 0.6) is 0 Å². The summed E-state index contributed by atoms with van der Waals surface area (Å²) in [5.41, 5.74) is 2.93. The van der Waals surface area contributed by atoms with Gasteiger partial charge in [0.05, 0.1) is 16.1 Å². The first-order valence-electron chi connectivity index (χ1n) is 7.25. The van der Waals surface area contributed by atoms with Crippen LogP contribution in [0.25, 0.3) is 10.4 Å². The van der Waals surface area contributed by atoms with Crippen molar-refractivity contribution in [3.8, 4) is 10.4 Å². The van der Waals surface area contributed by atoms with Crippen molar-refractivity contribution in [2.24, 2.45) is 0 Å². The number of carbonyl (C=O) groups is 2. The number of aliphatic carboxylic acids is 1. The Bertz CT molecular complexity index is 980. The molecule has 0 aliphatic rings. The molecule has 7 nitrogen and oxygen atoms in total. The molecule has 0 aliphatic carbocycles. The molecular formula is C17H13N3O4S. The third kappa shape index (κ3) is 3.99. The Morgan fingerprint density at radius 3 is 2.80 bits per heavy atom. The fourth-order valence-corrected chi connectivity index (χ4v) is 2.87. The minimum Gasteiger partial charge on any atom is -0.480 e. The number of carboxylic acid groups (broad SMARTS) is 1. The molecule has 0 saturated heterocycles. The average molecular weight is 355 g/mol. The number of hydrogen-bond donors (Lipinski definition) is 2. The average Bonchev–Trinajstić information content (AvgIpc) is 3.12. The van der Waals surface area contributed by atoms with Gasteiger partial charge in [-0.25, -0.2) is 0 Å². The molecule has 0 radical (unpaired) electrons. The second kappa shape index (κ2) is 7.10. The van der Waals surface area contributed by atoms with Gasteiger partial charge >= 0.3 is 5.97 Å². The molecule has 1 aromatic carbocycles. The van der Waals surface area contributed by atoms with Gasteiger partial charge in [-0.1, -0.05) is 12.1 Å². The van der Waals surface area contributed by atoms with Gasteiger partial charge in [-0.2, -0.15) is 0 Å². The molecule has 0 atom stereocenters. The first-order valence-corrected chi connectivity index (χ1v) is 8.13. The van der Waals surface area contributed by atoms with Gasteiger partial charge in [0.15, 0.2) is 0 Å². The number of carbonyl (C=O) groups excluding carboxylic acids is 1. The van der Waals surface area contributed by atoms with Crippen LogP contribution in [0.3, 0.4) is 0 Å². The topological polar surface area (TPSA) is 101 Å². The monoisotopic (exact) mass is 355 g/mol. The molecule has 2 aromatic heterocycles. The van der Waals surface area contributed by atoms with E-state index in [1.54, 1.807) is 29.9 Å². The smallest absolute Gasteiger partial charge is 0.323 e. The fourth-order valence-electron chi connectivity index (χ4n) is 2.25. The highest BCUT2D eigenvalue weighted by atomic mass is 32.1. The summed E-state index contributed by atoms with van der Waals surface area (Å²) in [4.78, 5) is 39.8. The lowest BCUT2D eigenvalue weighted by Crippen LogP contribution is -2.24. The van der Waals surface area contributed by atoms with Crippen molar-refractivity contribution in [1.29, 1.82) is 0 Å². The van der Waals surface area contributed by atoms with Crippen LogP contribution in [0.2, 0.25) is 0 Å². The Kier molecular flexibility index (Phi) is 4.71. The van der Waals surface area contributed by atoms with E-state index in [2.05, 4.69) is 10.3 Å². The Hall–Kier alpha value is -3.26. The summed E-state index contributed by atoms with van der Waals surface area (Å²) in [5, 5.41) is 11.5. The Balaban J connectivity index is 1.82. The van der Waals surface area contributed by atoms with Gasteiger partial charge in [-0.15, -0.1) is 11.3 Å². The van der Waals surface area contributed by atoms with E-state index in [0.717, 1.165) is 15.0 Å². The zero-order chi connectivity index (χ0) is 17.8. The second-order valence-electron chi connectivity index (χ2n) is 5.18. The van der Waals surface area contributed by atoms with E-state index < -0.39 is 18.1 Å². The molecule has 0 saturated carbocycles. The van der Waals surface area contributed by atoms with Gasteiger partial charge in [0, 0.05) is 24.0 Å². The number of nitrogens with zero attached hydrogens (tertiary/aromatic N) is 2. The molecule has 0 bridgehead atoms. The highest BCUT2D eigenvalue weighted by molar-refractivity contribution is 7.13. The van der Waals surface area contributed by atoms with Crippen molar-refractivity contribution in [1.82, 2.24) is 9.55 Å². The summed E-state index contributed by atoms with van der Waals surface area (Å²) < 4.78 is 1.02. The number of nitrogens with one attached hydrogen (secondary N) is 1. The molecule has 0 fully saturated rings. The summed E-state index contributed by atoms with van der Waals surface area (Å²) in [6.45, 7) is -0.469. The minimum atomic E-state index is -1.14. The second-order valence-corrected chi connectivity index (χ2v) is 6.06. The van der Waals surface area contributed by atoms with E-state index in [1.807, 2.05) is 6.07 Å². The third-order valence-corrected chi connectivity index (χ3v) is 4.21. The van der Waals surface area contributed by atoms with Crippen molar-refractivity contribution in [3.63, 3.8) is 0 Å². The number of pyridine rings is 1. The standard InChI is InChI=1S/C17H13N3O4S/c21-15-5-4-13(8-20(15)9-16(22)23)19-17(24)12-3-1-2-11(6-12)14-7-18-10-25-14/h1-8,10H,9H2,(H,19,24)(H,22,23). The van der Waals surface area contributed by atoms with E-state index in [-0.39, 0.29) is 5.91 Å². The fraction of sp³-hybridized carbons (Fsp3) is 0.0588. The van der Waals surface area contributed by atoms with Crippen LogP contribution in [-0.4, -0.2) is 26.5 Å². The molecular weight excluding hydrogens is 342 g/mol. The number of anilines is 1. The summed E-state index contributed by atoms with van der Waals surface area (Å²) >= 11 is 1.47. The molecule has 0 unspecified atom stereocenters. The maximum Gasteiger partial charge on any atom is 0.323 e. The van der Waals surface area contributed by atoms with E-state index in [9.17, 15) is 14.4 Å².